The second kappa shape index (κ2) is 23.9. The molecule has 1 aliphatic rings. The topological polar surface area (TPSA) is 237 Å². The molecule has 0 aliphatic carbocycles. The average Bonchev–Trinajstić information content (AvgIpc) is 2.62. The monoisotopic (exact) mass is 445 g/mol. The predicted octanol–water partition coefficient (Wildman–Crippen LogP) is 0.636. The summed E-state index contributed by atoms with van der Waals surface area (Å²) in [5, 5.41) is 31.6. The highest BCUT2D eigenvalue weighted by Gasteiger charge is 2.20. The van der Waals surface area contributed by atoms with Crippen molar-refractivity contribution in [1.82, 2.24) is 0 Å². The fourth-order valence-electron chi connectivity index (χ4n) is 1.12. The first-order valence-electron chi connectivity index (χ1n) is 8.57. The van der Waals surface area contributed by atoms with Gasteiger partial charge in [-0.1, -0.05) is 0 Å². The third-order valence-corrected chi connectivity index (χ3v) is 3.24. The fourth-order valence-corrected chi connectivity index (χ4v) is 1.75. The first-order chi connectivity index (χ1) is 13.6. The molecular weight excluding hydrogens is 415 g/mol. The molecule has 170 valence electrons. The van der Waals surface area contributed by atoms with Gasteiger partial charge in [0.15, 0.2) is 0 Å². The molecule has 0 saturated carbocycles. The van der Waals surface area contributed by atoms with Crippen LogP contribution in [0.1, 0.15) is 44.9 Å². The summed E-state index contributed by atoms with van der Waals surface area (Å²) in [5.74, 6) is -4.31. The summed E-state index contributed by atoms with van der Waals surface area (Å²) in [7, 11) is -1.79. The van der Waals surface area contributed by atoms with Crippen molar-refractivity contribution in [3.8, 4) is 0 Å². The third kappa shape index (κ3) is 41.4. The van der Waals surface area contributed by atoms with Crippen LogP contribution in [0.15, 0.2) is 0 Å². The number of hydrogen-bond donors (Lipinski definition) is 6. The SMILES string of the molecule is NCCN.O=C(O)CCC(=O)O.O=C(O)CCC(=O)O.O=[P+]1OCCCCCO1. The van der Waals surface area contributed by atoms with Crippen molar-refractivity contribution in [2.24, 2.45) is 11.5 Å². The van der Waals surface area contributed by atoms with Gasteiger partial charge in [0.05, 0.1) is 25.7 Å². The van der Waals surface area contributed by atoms with Gasteiger partial charge in [0, 0.05) is 17.7 Å². The van der Waals surface area contributed by atoms with Crippen LogP contribution < -0.4 is 11.5 Å². The molecule has 0 amide bonds. The highest BCUT2D eigenvalue weighted by Crippen LogP contribution is 2.26. The number of hydrogen-bond acceptors (Lipinski definition) is 9. The van der Waals surface area contributed by atoms with E-state index in [4.69, 9.17) is 40.9 Å². The van der Waals surface area contributed by atoms with Crippen LogP contribution in [-0.2, 0) is 32.8 Å². The minimum absolute atomic E-state index is 0.296. The van der Waals surface area contributed by atoms with E-state index < -0.39 is 32.1 Å². The number of carbonyl (C=O) groups is 4. The first kappa shape index (κ1) is 31.5. The van der Waals surface area contributed by atoms with Crippen LogP contribution in [0.4, 0.5) is 0 Å². The lowest BCUT2D eigenvalue weighted by atomic mass is 10.2. The van der Waals surface area contributed by atoms with Crippen LogP contribution in [0.2, 0.25) is 0 Å². The van der Waals surface area contributed by atoms with E-state index in [1.54, 1.807) is 0 Å². The van der Waals surface area contributed by atoms with Gasteiger partial charge >= 0.3 is 32.1 Å². The zero-order valence-electron chi connectivity index (χ0n) is 16.0. The van der Waals surface area contributed by atoms with Crippen molar-refractivity contribution in [2.75, 3.05) is 26.3 Å². The Bertz CT molecular complexity index is 421. The minimum atomic E-state index is -1.79. The van der Waals surface area contributed by atoms with Crippen molar-refractivity contribution in [3.05, 3.63) is 0 Å². The summed E-state index contributed by atoms with van der Waals surface area (Å²) in [4.78, 5) is 38.6. The quantitative estimate of drug-likeness (QED) is 0.295. The Morgan fingerprint density at radius 2 is 0.931 bits per heavy atom. The van der Waals surface area contributed by atoms with Crippen molar-refractivity contribution < 1.29 is 53.2 Å². The molecule has 1 saturated heterocycles. The molecular formula is C15H30N2O11P+. The van der Waals surface area contributed by atoms with Crippen LogP contribution >= 0.6 is 8.25 Å². The molecule has 1 rings (SSSR count). The predicted molar refractivity (Wildman–Crippen MR) is 100 cm³/mol. The maximum atomic E-state index is 10.5. The average molecular weight is 445 g/mol. The number of carboxylic acid groups (broad SMARTS) is 4. The zero-order chi connectivity index (χ0) is 23.1. The van der Waals surface area contributed by atoms with Crippen LogP contribution in [0.5, 0.6) is 0 Å². The van der Waals surface area contributed by atoms with E-state index in [9.17, 15) is 23.7 Å². The van der Waals surface area contributed by atoms with Crippen LogP contribution in [0.3, 0.4) is 0 Å². The van der Waals surface area contributed by atoms with E-state index in [1.807, 2.05) is 0 Å². The van der Waals surface area contributed by atoms with Crippen molar-refractivity contribution in [3.63, 3.8) is 0 Å². The van der Waals surface area contributed by atoms with Gasteiger partial charge < -0.3 is 31.9 Å². The van der Waals surface area contributed by atoms with E-state index in [0.717, 1.165) is 19.3 Å². The molecule has 1 aliphatic heterocycles. The Hall–Kier alpha value is -2.18. The van der Waals surface area contributed by atoms with Gasteiger partial charge in [-0.25, -0.2) is 0 Å². The van der Waals surface area contributed by atoms with E-state index in [2.05, 4.69) is 0 Å². The Morgan fingerprint density at radius 3 is 1.14 bits per heavy atom. The normalized spacial score (nSPS) is 12.8. The highest BCUT2D eigenvalue weighted by molar-refractivity contribution is 7.33. The van der Waals surface area contributed by atoms with Gasteiger partial charge in [-0.15, -0.1) is 9.05 Å². The number of rotatable bonds is 7. The second-order valence-electron chi connectivity index (χ2n) is 5.10. The fraction of sp³-hybridized carbons (Fsp3) is 0.733. The van der Waals surface area contributed by atoms with Crippen molar-refractivity contribution in [1.29, 1.82) is 0 Å². The van der Waals surface area contributed by atoms with Gasteiger partial charge in [-0.3, -0.25) is 19.2 Å². The summed E-state index contributed by atoms with van der Waals surface area (Å²) in [6.07, 6.45) is 1.94. The largest absolute Gasteiger partial charge is 0.697 e. The van der Waals surface area contributed by atoms with Gasteiger partial charge in [0.2, 0.25) is 0 Å². The molecule has 0 aromatic carbocycles. The minimum Gasteiger partial charge on any atom is -0.481 e. The van der Waals surface area contributed by atoms with E-state index in [0.29, 0.717) is 26.3 Å². The lowest BCUT2D eigenvalue weighted by molar-refractivity contribution is -0.143. The second-order valence-corrected chi connectivity index (χ2v) is 6.07. The van der Waals surface area contributed by atoms with Crippen LogP contribution in [-0.4, -0.2) is 70.6 Å². The molecule has 0 spiro atoms. The van der Waals surface area contributed by atoms with Crippen LogP contribution in [0, 0.1) is 0 Å². The molecule has 0 atom stereocenters. The molecule has 14 heteroatoms. The van der Waals surface area contributed by atoms with Crippen LogP contribution in [0.25, 0.3) is 0 Å². The number of aliphatic carboxylic acids is 4. The Morgan fingerprint density at radius 1 is 0.655 bits per heavy atom. The Kier molecular flexibility index (Phi) is 25.9. The van der Waals surface area contributed by atoms with E-state index in [1.165, 1.54) is 0 Å². The lowest BCUT2D eigenvalue weighted by Gasteiger charge is -1.97. The summed E-state index contributed by atoms with van der Waals surface area (Å²) in [5.41, 5.74) is 9.81. The van der Waals surface area contributed by atoms with Gasteiger partial charge in [-0.2, -0.15) is 0 Å². The summed E-state index contributed by atoms with van der Waals surface area (Å²) in [6, 6.07) is 0. The Balaban J connectivity index is -0.000000322. The van der Waals surface area contributed by atoms with Crippen molar-refractivity contribution in [2.45, 2.75) is 44.9 Å². The maximum Gasteiger partial charge on any atom is 0.697 e. The summed E-state index contributed by atoms with van der Waals surface area (Å²) >= 11 is 0. The molecule has 0 bridgehead atoms. The van der Waals surface area contributed by atoms with Gasteiger partial charge in [0.1, 0.15) is 13.2 Å². The first-order valence-corrected chi connectivity index (χ1v) is 9.66. The van der Waals surface area contributed by atoms with E-state index >= 15 is 0 Å². The number of carboxylic acids is 4. The third-order valence-electron chi connectivity index (χ3n) is 2.45. The maximum absolute atomic E-state index is 10.5. The van der Waals surface area contributed by atoms with Gasteiger partial charge in [0.25, 0.3) is 0 Å². The Labute approximate surface area is 168 Å². The standard InChI is InChI=1S/C5H10O3P.2C4H6O4.C2H8N2/c6-9-7-4-2-1-3-5-8-9;2*5-3(6)1-2-4(7)8;3-1-2-4/h1-5H2;2*1-2H2,(H,5,6)(H,7,8);1-4H2/q+1;;;. The molecule has 0 unspecified atom stereocenters. The molecule has 0 aromatic heterocycles. The molecule has 8 N–H and O–H groups in total. The van der Waals surface area contributed by atoms with Crippen molar-refractivity contribution >= 4 is 32.1 Å². The molecule has 13 nitrogen and oxygen atoms in total. The number of nitrogens with two attached hydrogens (primary N) is 2. The highest BCUT2D eigenvalue weighted by atomic mass is 31.1. The summed E-state index contributed by atoms with van der Waals surface area (Å²) < 4.78 is 20.1. The molecule has 0 radical (unpaired) electrons. The molecule has 0 aromatic rings. The molecule has 29 heavy (non-hydrogen) atoms. The van der Waals surface area contributed by atoms with Gasteiger partial charge in [-0.05, 0) is 19.3 Å². The van der Waals surface area contributed by atoms with E-state index in [-0.39, 0.29) is 25.7 Å². The lowest BCUT2D eigenvalue weighted by Crippen LogP contribution is -2.11. The molecule has 1 fully saturated rings. The smallest absolute Gasteiger partial charge is 0.481 e. The molecule has 1 heterocycles. The summed E-state index contributed by atoms with van der Waals surface area (Å²) in [6.45, 7) is 2.35. The zero-order valence-corrected chi connectivity index (χ0v) is 16.9.